The third-order valence-electron chi connectivity index (χ3n) is 2.84. The minimum Gasteiger partial charge on any atom is -0.431 e. The first-order valence-corrected chi connectivity index (χ1v) is 6.01. The van der Waals surface area contributed by atoms with E-state index in [2.05, 4.69) is 4.37 Å². The van der Waals surface area contributed by atoms with Gasteiger partial charge in [-0.25, -0.2) is 0 Å². The van der Waals surface area contributed by atoms with Crippen LogP contribution in [0.25, 0.3) is 0 Å². The maximum Gasteiger partial charge on any atom is 0.245 e. The van der Waals surface area contributed by atoms with Crippen molar-refractivity contribution in [3.05, 3.63) is 45.5 Å². The quantitative estimate of drug-likeness (QED) is 0.360. The zero-order valence-electron chi connectivity index (χ0n) is 9.39. The van der Waals surface area contributed by atoms with Crippen LogP contribution in [0.5, 0.6) is 0 Å². The molecule has 0 aliphatic carbocycles. The lowest BCUT2D eigenvalue weighted by molar-refractivity contribution is -0.384. The zero-order chi connectivity index (χ0) is 12.3. The van der Waals surface area contributed by atoms with E-state index in [9.17, 15) is 10.1 Å². The second-order valence-electron chi connectivity index (χ2n) is 4.04. The molecule has 17 heavy (non-hydrogen) atoms. The Kier molecular flexibility index (Phi) is 3.86. The number of hydrogen-bond acceptors (Lipinski definition) is 2. The topological polar surface area (TPSA) is 45.8 Å². The highest BCUT2D eigenvalue weighted by molar-refractivity contribution is 6.28. The Morgan fingerprint density at radius 2 is 1.76 bits per heavy atom. The predicted octanol–water partition coefficient (Wildman–Crippen LogP) is 3.41. The number of hydrogen-bond donors (Lipinski definition) is 0. The summed E-state index contributed by atoms with van der Waals surface area (Å²) in [5.74, 6) is 0. The average Bonchev–Trinajstić information content (AvgIpc) is 2.39. The highest BCUT2D eigenvalue weighted by atomic mass is 35.5. The van der Waals surface area contributed by atoms with Gasteiger partial charge in [0.25, 0.3) is 0 Å². The summed E-state index contributed by atoms with van der Waals surface area (Å²) in [7, 11) is 0. The highest BCUT2D eigenvalue weighted by Crippen LogP contribution is 2.31. The Hall–Kier alpha value is -1.26. The van der Waals surface area contributed by atoms with Gasteiger partial charge in [0.1, 0.15) is 13.2 Å². The van der Waals surface area contributed by atoms with Crippen LogP contribution in [0, 0.1) is 15.7 Å². The van der Waals surface area contributed by atoms with Crippen molar-refractivity contribution in [3.63, 3.8) is 0 Å². The van der Waals surface area contributed by atoms with Gasteiger partial charge in [0, 0.05) is 12.8 Å². The summed E-state index contributed by atoms with van der Waals surface area (Å²) >= 11 is 6.25. The van der Waals surface area contributed by atoms with Gasteiger partial charge in [0.2, 0.25) is 5.69 Å². The van der Waals surface area contributed by atoms with Crippen LogP contribution < -0.4 is 0 Å². The summed E-state index contributed by atoms with van der Waals surface area (Å²) in [5, 5.41) is 10.5. The molecule has 0 radical (unpaired) electrons. The summed E-state index contributed by atoms with van der Waals surface area (Å²) in [6.07, 6.45) is 3.47. The number of halogens is 1. The molecule has 1 saturated heterocycles. The molecule has 0 atom stereocenters. The van der Waals surface area contributed by atoms with Crippen LogP contribution in [0.1, 0.15) is 24.8 Å². The molecule has 1 aliphatic rings. The molecule has 1 fully saturated rings. The van der Waals surface area contributed by atoms with E-state index in [1.807, 2.05) is 0 Å². The van der Waals surface area contributed by atoms with Crippen LogP contribution in [-0.4, -0.2) is 18.1 Å². The molecule has 1 aromatic rings. The van der Waals surface area contributed by atoms with Gasteiger partial charge in [-0.2, -0.15) is 0 Å². The predicted molar refractivity (Wildman–Crippen MR) is 66.0 cm³/mol. The first-order chi connectivity index (χ1) is 8.18. The lowest BCUT2D eigenvalue weighted by atomic mass is 10.2. The maximum absolute atomic E-state index is 10.5. The molecule has 0 aromatic heterocycles. The van der Waals surface area contributed by atoms with Gasteiger partial charge in [-0.1, -0.05) is 17.2 Å². The van der Waals surface area contributed by atoms with Crippen molar-refractivity contribution in [2.75, 3.05) is 13.2 Å². The standard InChI is InChI=1S/C12H14ClNO3/c13-12(17-8-2-1-3-9-17)10-4-6-11(7-5-10)14(15)16/h4-7H,1-3,8-9H2. The lowest BCUT2D eigenvalue weighted by Crippen LogP contribution is -2.23. The monoisotopic (exact) mass is 255 g/mol. The third-order valence-corrected chi connectivity index (χ3v) is 3.28. The van der Waals surface area contributed by atoms with E-state index in [-0.39, 0.29) is 5.69 Å². The number of nitrogens with zero attached hydrogens (tertiary/aromatic N) is 1. The van der Waals surface area contributed by atoms with Crippen molar-refractivity contribution < 1.29 is 9.29 Å². The van der Waals surface area contributed by atoms with Crippen molar-refractivity contribution in [2.45, 2.75) is 19.3 Å². The summed E-state index contributed by atoms with van der Waals surface area (Å²) in [6, 6.07) is 6.31. The average molecular weight is 256 g/mol. The third kappa shape index (κ3) is 2.90. The summed E-state index contributed by atoms with van der Waals surface area (Å²) in [5.41, 5.74) is 1.51. The van der Waals surface area contributed by atoms with Crippen LogP contribution >= 0.6 is 11.6 Å². The van der Waals surface area contributed by atoms with E-state index in [0.29, 0.717) is 5.56 Å². The minimum absolute atomic E-state index is 0.0851. The fourth-order valence-electron chi connectivity index (χ4n) is 1.89. The van der Waals surface area contributed by atoms with Crippen molar-refractivity contribution in [2.24, 2.45) is 0 Å². The van der Waals surface area contributed by atoms with E-state index in [1.165, 1.54) is 18.6 Å². The number of nitro benzene ring substituents is 1. The van der Waals surface area contributed by atoms with Crippen LogP contribution in [-0.2, 0) is 4.37 Å². The fourth-order valence-corrected chi connectivity index (χ4v) is 2.17. The van der Waals surface area contributed by atoms with Gasteiger partial charge in [0.05, 0.1) is 4.92 Å². The number of rotatable bonds is 3. The Bertz CT molecular complexity index is 387. The smallest absolute Gasteiger partial charge is 0.245 e. The molecule has 2 rings (SSSR count). The molecule has 1 aliphatic heterocycles. The van der Waals surface area contributed by atoms with Crippen LogP contribution in [0.3, 0.4) is 0 Å². The van der Waals surface area contributed by atoms with Crippen molar-refractivity contribution in [1.82, 2.24) is 0 Å². The molecule has 0 saturated carbocycles. The van der Waals surface area contributed by atoms with Crippen LogP contribution in [0.15, 0.2) is 24.3 Å². The molecular formula is C12H14ClNO3. The van der Waals surface area contributed by atoms with Gasteiger partial charge in [-0.3, -0.25) is 10.1 Å². The van der Waals surface area contributed by atoms with Crippen molar-refractivity contribution in [3.8, 4) is 0 Å². The van der Waals surface area contributed by atoms with Crippen LogP contribution in [0.2, 0.25) is 0 Å². The Morgan fingerprint density at radius 1 is 1.18 bits per heavy atom. The molecule has 92 valence electrons. The molecule has 0 amide bonds. The van der Waals surface area contributed by atoms with Gasteiger partial charge in [-0.05, 0) is 18.6 Å². The van der Waals surface area contributed by atoms with Crippen molar-refractivity contribution >= 4 is 17.3 Å². The first-order valence-electron chi connectivity index (χ1n) is 5.63. The lowest BCUT2D eigenvalue weighted by Gasteiger charge is -2.31. The van der Waals surface area contributed by atoms with E-state index in [4.69, 9.17) is 11.6 Å². The van der Waals surface area contributed by atoms with E-state index in [1.54, 1.807) is 12.1 Å². The number of non-ortho nitro benzene ring substituents is 1. The molecule has 0 spiro atoms. The first kappa shape index (κ1) is 12.2. The highest BCUT2D eigenvalue weighted by Gasteiger charge is 2.21. The zero-order valence-corrected chi connectivity index (χ0v) is 10.2. The Morgan fingerprint density at radius 3 is 2.29 bits per heavy atom. The molecule has 1 aromatic carbocycles. The Labute approximate surface area is 105 Å². The summed E-state index contributed by atoms with van der Waals surface area (Å²) in [6.45, 7) is 1.77. The Balaban J connectivity index is 2.07. The second kappa shape index (κ2) is 5.38. The largest absolute Gasteiger partial charge is 0.431 e. The van der Waals surface area contributed by atoms with Gasteiger partial charge >= 0.3 is 0 Å². The number of benzene rings is 1. The molecule has 0 N–H and O–H groups in total. The molecular weight excluding hydrogens is 242 g/mol. The summed E-state index contributed by atoms with van der Waals surface area (Å²) < 4.78 is 2.98. The van der Waals surface area contributed by atoms with E-state index in [0.717, 1.165) is 31.6 Å². The van der Waals surface area contributed by atoms with E-state index < -0.39 is 4.92 Å². The van der Waals surface area contributed by atoms with Gasteiger partial charge in [-0.15, -0.1) is 12.1 Å². The molecule has 1 heterocycles. The molecule has 0 bridgehead atoms. The normalized spacial score (nSPS) is 16.8. The SMILES string of the molecule is O=[N+]([O-])c1ccc([C-](Cl)[O+]2CCCCC2)cc1. The van der Waals surface area contributed by atoms with Gasteiger partial charge < -0.3 is 4.37 Å². The minimum atomic E-state index is -0.411. The summed E-state index contributed by atoms with van der Waals surface area (Å²) in [4.78, 5) is 10.1. The van der Waals surface area contributed by atoms with Crippen LogP contribution in [0.4, 0.5) is 5.69 Å². The molecule has 0 unspecified atom stereocenters. The number of nitro groups is 1. The van der Waals surface area contributed by atoms with Crippen molar-refractivity contribution in [1.29, 1.82) is 0 Å². The van der Waals surface area contributed by atoms with E-state index >= 15 is 0 Å². The molecule has 5 heteroatoms. The molecule has 4 nitrogen and oxygen atoms in total. The maximum atomic E-state index is 10.5. The fraction of sp³-hybridized carbons (Fsp3) is 0.417. The van der Waals surface area contributed by atoms with Gasteiger partial charge in [0.15, 0.2) is 5.56 Å². The second-order valence-corrected chi connectivity index (χ2v) is 4.38.